The van der Waals surface area contributed by atoms with Crippen molar-refractivity contribution in [3.05, 3.63) is 160 Å². The Bertz CT molecular complexity index is 2450. The minimum Gasteiger partial charge on any atom is -0.497 e. The van der Waals surface area contributed by atoms with Crippen molar-refractivity contribution in [3.8, 4) is 17.2 Å². The first kappa shape index (κ1) is 39.0. The highest BCUT2D eigenvalue weighted by Crippen LogP contribution is 2.60. The molecule has 1 N–H and O–H groups in total. The first-order chi connectivity index (χ1) is 28.1. The Hall–Kier alpha value is -5.82. The molecule has 1 saturated heterocycles. The number of benzene rings is 4. The maximum atomic E-state index is 15.4. The van der Waals surface area contributed by atoms with E-state index in [1.165, 1.54) is 12.3 Å². The van der Waals surface area contributed by atoms with Crippen molar-refractivity contribution in [2.45, 2.75) is 62.7 Å². The minimum atomic E-state index is -2.45. The van der Waals surface area contributed by atoms with Crippen LogP contribution in [-0.4, -0.2) is 65.6 Å². The number of aliphatic hydroxyl groups excluding tert-OH is 1. The minimum absolute atomic E-state index is 0.0185. The number of methoxy groups -OCH3 is 2. The highest BCUT2D eigenvalue weighted by molar-refractivity contribution is 6.91. The molecule has 1 unspecified atom stereocenters. The maximum Gasteiger partial charge on any atom is 0.297 e. The summed E-state index contributed by atoms with van der Waals surface area (Å²) in [5.41, 5.74) is 3.13. The lowest BCUT2D eigenvalue weighted by molar-refractivity contribution is -0.146. The van der Waals surface area contributed by atoms with Crippen molar-refractivity contribution < 1.29 is 24.1 Å². The molecule has 2 aliphatic heterocycles. The van der Waals surface area contributed by atoms with E-state index in [2.05, 4.69) is 42.5 Å². The predicted octanol–water partition coefficient (Wildman–Crippen LogP) is 6.42. The van der Waals surface area contributed by atoms with Gasteiger partial charge in [-0.15, -0.1) is 5.10 Å². The van der Waals surface area contributed by atoms with E-state index in [4.69, 9.17) is 14.2 Å². The molecular formula is C46H49N5O6Si. The second-order valence-electron chi connectivity index (χ2n) is 15.8. The zero-order chi connectivity index (χ0) is 40.6. The van der Waals surface area contributed by atoms with Crippen LogP contribution in [0, 0.1) is 5.92 Å². The molecule has 2 aromatic heterocycles. The van der Waals surface area contributed by atoms with Gasteiger partial charge in [-0.1, -0.05) is 103 Å². The van der Waals surface area contributed by atoms with E-state index in [9.17, 15) is 9.90 Å². The van der Waals surface area contributed by atoms with Crippen LogP contribution >= 0.6 is 0 Å². The van der Waals surface area contributed by atoms with Crippen molar-refractivity contribution in [1.82, 2.24) is 19.6 Å². The average Bonchev–Trinajstić information content (AvgIpc) is 3.91. The number of hydrogen-bond donors (Lipinski definition) is 1. The normalized spacial score (nSPS) is 20.7. The predicted molar refractivity (Wildman–Crippen MR) is 226 cm³/mol. The summed E-state index contributed by atoms with van der Waals surface area (Å²) < 4.78 is 21.7. The molecule has 1 fully saturated rings. The zero-order valence-electron chi connectivity index (χ0n) is 33.5. The number of aromatic nitrogens is 4. The molecule has 6 aromatic rings. The zero-order valence-corrected chi connectivity index (χ0v) is 34.5. The maximum absolute atomic E-state index is 15.4. The van der Waals surface area contributed by atoms with Gasteiger partial charge in [0.15, 0.2) is 11.4 Å². The molecule has 298 valence electrons. The summed E-state index contributed by atoms with van der Waals surface area (Å²) in [6.07, 6.45) is 3.84. The molecule has 8 rings (SSSR count). The largest absolute Gasteiger partial charge is 0.497 e. The van der Waals surface area contributed by atoms with Crippen molar-refractivity contribution >= 4 is 24.9 Å². The molecule has 5 atom stereocenters. The molecule has 0 saturated carbocycles. The first-order valence-corrected chi connectivity index (χ1v) is 22.8. The van der Waals surface area contributed by atoms with Crippen LogP contribution < -0.4 is 25.1 Å². The van der Waals surface area contributed by atoms with E-state index in [1.54, 1.807) is 30.0 Å². The summed E-state index contributed by atoms with van der Waals surface area (Å²) in [6.45, 7) is 7.65. The highest BCUT2D eigenvalue weighted by Gasteiger charge is 2.66. The summed E-state index contributed by atoms with van der Waals surface area (Å²) in [5, 5.41) is 20.6. The van der Waals surface area contributed by atoms with Crippen LogP contribution in [0.1, 0.15) is 41.6 Å². The number of amides is 1. The second-order valence-corrected chi connectivity index (χ2v) is 20.5. The molecule has 2 aliphatic rings. The fraction of sp³-hybridized carbons (Fsp3) is 0.304. The SMILES string of the molecule is COc1ccc([Si](C)(C)[C@H]2[C@H](CCn3cc(C(CO)c4ccccc4)nn3)O[C@@]3(C(=O)N(Cc4ccccc4)c4ccc(-n5cccc(OC)c5=O)cc43)[C@@H]2C)cc1. The van der Waals surface area contributed by atoms with Gasteiger partial charge in [-0.2, -0.15) is 0 Å². The Morgan fingerprint density at radius 2 is 1.62 bits per heavy atom. The van der Waals surface area contributed by atoms with Gasteiger partial charge in [0.2, 0.25) is 0 Å². The quantitative estimate of drug-likeness (QED) is 0.133. The average molecular weight is 796 g/mol. The van der Waals surface area contributed by atoms with Gasteiger partial charge in [0.05, 0.1) is 58.8 Å². The summed E-state index contributed by atoms with van der Waals surface area (Å²) >= 11 is 0. The van der Waals surface area contributed by atoms with E-state index >= 15 is 4.79 Å². The van der Waals surface area contributed by atoms with Crippen LogP contribution in [0.4, 0.5) is 5.69 Å². The Balaban J connectivity index is 1.22. The summed E-state index contributed by atoms with van der Waals surface area (Å²) in [7, 11) is 0.700. The number of carbonyl (C=O) groups is 1. The van der Waals surface area contributed by atoms with Gasteiger partial charge < -0.3 is 24.2 Å². The van der Waals surface area contributed by atoms with Crippen LogP contribution in [0.2, 0.25) is 18.6 Å². The van der Waals surface area contributed by atoms with E-state index in [-0.39, 0.29) is 47.3 Å². The van der Waals surface area contributed by atoms with Gasteiger partial charge in [-0.05, 0) is 65.6 Å². The molecule has 4 aromatic carbocycles. The standard InChI is InChI=1S/C46H49N5O6Si/c1-31-43(58(4,5)36-21-19-35(55-2)20-22-36)41(24-26-49-29-39(47-48-49)37(30-52)33-15-10-7-11-16-33)57-46(31)38-27-34(50-25-12-17-42(56-3)44(50)53)18-23-40(38)51(45(46)54)28-32-13-8-6-9-14-32/h6-23,25,27,29,31,37,41,43,52H,24,26,28,30H2,1-5H3/t31-,37?,41+,43-,46+/m1/s1. The Labute approximate surface area is 339 Å². The molecule has 4 heterocycles. The molecule has 0 aliphatic carbocycles. The summed E-state index contributed by atoms with van der Waals surface area (Å²) in [4.78, 5) is 30.8. The van der Waals surface area contributed by atoms with Crippen molar-refractivity contribution in [3.63, 3.8) is 0 Å². The lowest BCUT2D eigenvalue weighted by Crippen LogP contribution is -2.51. The molecule has 58 heavy (non-hydrogen) atoms. The fourth-order valence-corrected chi connectivity index (χ4v) is 13.4. The molecular weight excluding hydrogens is 747 g/mol. The van der Waals surface area contributed by atoms with Crippen molar-refractivity contribution in [1.29, 1.82) is 0 Å². The number of ether oxygens (including phenoxy) is 3. The topological polar surface area (TPSA) is 121 Å². The smallest absolute Gasteiger partial charge is 0.297 e. The molecule has 0 radical (unpaired) electrons. The van der Waals surface area contributed by atoms with Gasteiger partial charge in [0.25, 0.3) is 11.5 Å². The van der Waals surface area contributed by atoms with Gasteiger partial charge in [0, 0.05) is 36.1 Å². The third-order valence-corrected chi connectivity index (χ3v) is 16.7. The van der Waals surface area contributed by atoms with Gasteiger partial charge in [0.1, 0.15) is 5.75 Å². The van der Waals surface area contributed by atoms with E-state index in [1.807, 2.05) is 107 Å². The summed E-state index contributed by atoms with van der Waals surface area (Å²) in [6, 6.07) is 37.3. The highest BCUT2D eigenvalue weighted by atomic mass is 28.3. The second kappa shape index (κ2) is 15.8. The summed E-state index contributed by atoms with van der Waals surface area (Å²) in [5.74, 6) is 0.339. The van der Waals surface area contributed by atoms with Gasteiger partial charge in [-0.3, -0.25) is 18.8 Å². The number of rotatable bonds is 13. The number of fused-ring (bicyclic) bond motifs is 2. The Morgan fingerprint density at radius 1 is 0.897 bits per heavy atom. The number of nitrogens with zero attached hydrogens (tertiary/aromatic N) is 5. The monoisotopic (exact) mass is 795 g/mol. The van der Waals surface area contributed by atoms with Crippen LogP contribution in [0.5, 0.6) is 11.5 Å². The van der Waals surface area contributed by atoms with Crippen LogP contribution in [0.25, 0.3) is 5.69 Å². The van der Waals surface area contributed by atoms with E-state index in [0.29, 0.717) is 30.9 Å². The molecule has 1 spiro atoms. The molecule has 11 nitrogen and oxygen atoms in total. The lowest BCUT2D eigenvalue weighted by atomic mass is 9.82. The molecule has 1 amide bonds. The van der Waals surface area contributed by atoms with Crippen LogP contribution in [0.15, 0.2) is 132 Å². The van der Waals surface area contributed by atoms with E-state index < -0.39 is 13.7 Å². The number of aryl methyl sites for hydroxylation is 1. The Kier molecular flexibility index (Phi) is 10.7. The number of aliphatic hydroxyl groups is 1. The number of hydrogen-bond acceptors (Lipinski definition) is 8. The number of anilines is 1. The fourth-order valence-electron chi connectivity index (χ4n) is 9.37. The lowest BCUT2D eigenvalue weighted by Gasteiger charge is -2.37. The third-order valence-electron chi connectivity index (χ3n) is 12.4. The van der Waals surface area contributed by atoms with Crippen LogP contribution in [-0.2, 0) is 28.2 Å². The van der Waals surface area contributed by atoms with Gasteiger partial charge in [-0.25, -0.2) is 0 Å². The number of carbonyl (C=O) groups excluding carboxylic acids is 1. The molecule has 12 heteroatoms. The molecule has 0 bridgehead atoms. The first-order valence-electron chi connectivity index (χ1n) is 19.7. The van der Waals surface area contributed by atoms with Crippen molar-refractivity contribution in [2.75, 3.05) is 25.7 Å². The number of pyridine rings is 1. The van der Waals surface area contributed by atoms with E-state index in [0.717, 1.165) is 28.1 Å². The van der Waals surface area contributed by atoms with Crippen LogP contribution in [0.3, 0.4) is 0 Å². The Morgan fingerprint density at radius 3 is 2.31 bits per heavy atom. The van der Waals surface area contributed by atoms with Crippen molar-refractivity contribution in [2.24, 2.45) is 5.92 Å². The van der Waals surface area contributed by atoms with Gasteiger partial charge >= 0.3 is 0 Å². The third kappa shape index (κ3) is 6.74.